The molecule has 2 aromatic heterocycles. The SMILES string of the molecule is CC#C[C@@]1(O)C(O)[C@@H]([C@@H](C)N=O)O[C@H]1n1cnc2c(=S)[nH]c(N)nc21. The zero-order chi connectivity index (χ0) is 18.4. The average Bonchev–Trinajstić information content (AvgIpc) is 3.08. The Hall–Kier alpha value is -2.39. The molecule has 0 aromatic carbocycles. The standard InChI is InChI=1S/C14H16N6O4S/c1-3-4-14(22)9(21)8(6(2)19-23)24-12(14)20-5-16-7-10(20)17-13(15)18-11(7)25/h5-6,8-9,12,21-22H,1-2H3,(H3,15,17,18,25)/t6-,8-,9?,12-,14-/m1/s1. The summed E-state index contributed by atoms with van der Waals surface area (Å²) in [5.41, 5.74) is 4.29. The molecule has 0 bridgehead atoms. The number of fused-ring (bicyclic) bond motifs is 1. The fourth-order valence-corrected chi connectivity index (χ4v) is 3.14. The Bertz CT molecular complexity index is 946. The average molecular weight is 364 g/mol. The van der Waals surface area contributed by atoms with E-state index < -0.39 is 30.1 Å². The quantitative estimate of drug-likeness (QED) is 0.343. The normalized spacial score (nSPS) is 30.0. The Morgan fingerprint density at radius 3 is 3.00 bits per heavy atom. The van der Waals surface area contributed by atoms with Crippen molar-refractivity contribution in [3.05, 3.63) is 15.9 Å². The van der Waals surface area contributed by atoms with Crippen LogP contribution in [0.25, 0.3) is 11.2 Å². The first-order chi connectivity index (χ1) is 11.8. The van der Waals surface area contributed by atoms with Crippen molar-refractivity contribution in [2.75, 3.05) is 5.73 Å². The van der Waals surface area contributed by atoms with Gasteiger partial charge < -0.3 is 25.7 Å². The lowest BCUT2D eigenvalue weighted by Crippen LogP contribution is -2.47. The zero-order valence-corrected chi connectivity index (χ0v) is 14.2. The maximum Gasteiger partial charge on any atom is 0.200 e. The maximum absolute atomic E-state index is 11.0. The fraction of sp³-hybridized carbons (Fsp3) is 0.500. The molecule has 0 aliphatic carbocycles. The second-order valence-electron chi connectivity index (χ2n) is 5.72. The first-order valence-corrected chi connectivity index (χ1v) is 7.79. The summed E-state index contributed by atoms with van der Waals surface area (Å²) in [4.78, 5) is 21.8. The summed E-state index contributed by atoms with van der Waals surface area (Å²) in [7, 11) is 0. The Morgan fingerprint density at radius 2 is 2.36 bits per heavy atom. The number of aromatic nitrogens is 4. The number of anilines is 1. The molecule has 3 rings (SSSR count). The van der Waals surface area contributed by atoms with Gasteiger partial charge in [-0.25, -0.2) is 4.98 Å². The Balaban J connectivity index is 2.19. The van der Waals surface area contributed by atoms with Gasteiger partial charge in [0.05, 0.1) is 6.33 Å². The smallest absolute Gasteiger partial charge is 0.200 e. The molecule has 11 heteroatoms. The molecule has 10 nitrogen and oxygen atoms in total. The highest BCUT2D eigenvalue weighted by atomic mass is 32.1. The number of nitrogens with one attached hydrogen (secondary N) is 1. The molecule has 1 aliphatic heterocycles. The molecule has 5 N–H and O–H groups in total. The number of nitrogen functional groups attached to an aromatic ring is 1. The van der Waals surface area contributed by atoms with Crippen LogP contribution in [0.3, 0.4) is 0 Å². The molecular formula is C14H16N6O4S. The van der Waals surface area contributed by atoms with Crippen LogP contribution in [0, 0.1) is 21.4 Å². The third kappa shape index (κ3) is 2.59. The van der Waals surface area contributed by atoms with Crippen molar-refractivity contribution >= 4 is 29.3 Å². The first-order valence-electron chi connectivity index (χ1n) is 7.38. The number of rotatable bonds is 3. The number of ether oxygens (including phenoxy) is 1. The third-order valence-electron chi connectivity index (χ3n) is 4.09. The van der Waals surface area contributed by atoms with E-state index in [0.717, 1.165) is 0 Å². The van der Waals surface area contributed by atoms with Crippen molar-refractivity contribution in [2.24, 2.45) is 5.18 Å². The van der Waals surface area contributed by atoms with Gasteiger partial charge >= 0.3 is 0 Å². The largest absolute Gasteiger partial charge is 0.386 e. The zero-order valence-electron chi connectivity index (χ0n) is 13.4. The minimum atomic E-state index is -2.00. The van der Waals surface area contributed by atoms with Crippen molar-refractivity contribution in [2.45, 2.75) is 43.9 Å². The van der Waals surface area contributed by atoms with E-state index in [1.54, 1.807) is 0 Å². The van der Waals surface area contributed by atoms with Crippen LogP contribution in [0.4, 0.5) is 5.95 Å². The second kappa shape index (κ2) is 6.16. The summed E-state index contributed by atoms with van der Waals surface area (Å²) >= 11 is 5.16. The van der Waals surface area contributed by atoms with Crippen molar-refractivity contribution in [1.82, 2.24) is 19.5 Å². The summed E-state index contributed by atoms with van der Waals surface area (Å²) < 4.78 is 7.37. The van der Waals surface area contributed by atoms with Gasteiger partial charge in [-0.05, 0) is 13.8 Å². The fourth-order valence-electron chi connectivity index (χ4n) is 2.89. The predicted molar refractivity (Wildman–Crippen MR) is 90.7 cm³/mol. The van der Waals surface area contributed by atoms with Crippen molar-refractivity contribution < 1.29 is 14.9 Å². The number of hydrogen-bond acceptors (Lipinski definition) is 9. The predicted octanol–water partition coefficient (Wildman–Crippen LogP) is 0.239. The highest BCUT2D eigenvalue weighted by molar-refractivity contribution is 7.71. The molecule has 0 spiro atoms. The summed E-state index contributed by atoms with van der Waals surface area (Å²) in [5.74, 6) is 5.18. The number of aromatic amines is 1. The van der Waals surface area contributed by atoms with Gasteiger partial charge in [0.15, 0.2) is 17.5 Å². The van der Waals surface area contributed by atoms with E-state index in [0.29, 0.717) is 5.52 Å². The lowest BCUT2D eigenvalue weighted by molar-refractivity contribution is -0.0695. The van der Waals surface area contributed by atoms with Gasteiger partial charge in [0.1, 0.15) is 28.4 Å². The second-order valence-corrected chi connectivity index (χ2v) is 6.13. The van der Waals surface area contributed by atoms with Crippen LogP contribution >= 0.6 is 12.2 Å². The van der Waals surface area contributed by atoms with Gasteiger partial charge in [-0.3, -0.25) is 4.57 Å². The van der Waals surface area contributed by atoms with E-state index in [1.165, 1.54) is 24.7 Å². The molecule has 1 fully saturated rings. The number of H-pyrrole nitrogens is 1. The van der Waals surface area contributed by atoms with E-state index >= 15 is 0 Å². The van der Waals surface area contributed by atoms with Crippen LogP contribution in [-0.4, -0.2) is 53.6 Å². The van der Waals surface area contributed by atoms with E-state index in [-0.39, 0.29) is 16.2 Å². The van der Waals surface area contributed by atoms with Crippen molar-refractivity contribution in [1.29, 1.82) is 0 Å². The van der Waals surface area contributed by atoms with Crippen LogP contribution in [-0.2, 0) is 4.74 Å². The van der Waals surface area contributed by atoms with Crippen LogP contribution in [0.5, 0.6) is 0 Å². The number of aliphatic hydroxyl groups is 2. The summed E-state index contributed by atoms with van der Waals surface area (Å²) in [6.07, 6.45) is -2.35. The number of nitroso groups, excluding NO2 is 1. The van der Waals surface area contributed by atoms with Gasteiger partial charge in [0.25, 0.3) is 0 Å². The van der Waals surface area contributed by atoms with E-state index in [2.05, 4.69) is 32.0 Å². The van der Waals surface area contributed by atoms with E-state index in [1.807, 2.05) is 0 Å². The monoisotopic (exact) mass is 364 g/mol. The molecule has 3 heterocycles. The molecule has 5 atom stereocenters. The van der Waals surface area contributed by atoms with Gasteiger partial charge in [0, 0.05) is 0 Å². The minimum absolute atomic E-state index is 0.0578. The Kier molecular flexibility index (Phi) is 4.29. The van der Waals surface area contributed by atoms with Crippen LogP contribution in [0.15, 0.2) is 11.5 Å². The number of hydrogen-bond donors (Lipinski definition) is 4. The highest BCUT2D eigenvalue weighted by Crippen LogP contribution is 2.41. The lowest BCUT2D eigenvalue weighted by Gasteiger charge is -2.26. The van der Waals surface area contributed by atoms with Crippen LogP contribution in [0.1, 0.15) is 20.1 Å². The van der Waals surface area contributed by atoms with Gasteiger partial charge in [-0.2, -0.15) is 9.89 Å². The van der Waals surface area contributed by atoms with Crippen molar-refractivity contribution in [3.8, 4) is 11.8 Å². The molecule has 25 heavy (non-hydrogen) atoms. The summed E-state index contributed by atoms with van der Waals surface area (Å²) in [5, 5.41) is 24.4. The van der Waals surface area contributed by atoms with Gasteiger partial charge in [0.2, 0.25) is 5.95 Å². The molecule has 2 aromatic rings. The Morgan fingerprint density at radius 1 is 1.64 bits per heavy atom. The maximum atomic E-state index is 11.0. The van der Waals surface area contributed by atoms with Crippen LogP contribution in [0.2, 0.25) is 0 Å². The number of imidazole rings is 1. The van der Waals surface area contributed by atoms with Crippen LogP contribution < -0.4 is 5.73 Å². The molecule has 0 saturated carbocycles. The molecule has 1 saturated heterocycles. The minimum Gasteiger partial charge on any atom is -0.386 e. The molecule has 1 unspecified atom stereocenters. The Labute approximate surface area is 147 Å². The van der Waals surface area contributed by atoms with Gasteiger partial charge in [-0.15, -0.1) is 5.92 Å². The molecule has 0 radical (unpaired) electrons. The topological polar surface area (TPSA) is 152 Å². The number of aliphatic hydroxyl groups excluding tert-OH is 1. The lowest BCUT2D eigenvalue weighted by atomic mass is 9.92. The first kappa shape index (κ1) is 17.4. The molecular weight excluding hydrogens is 348 g/mol. The summed E-state index contributed by atoms with van der Waals surface area (Å²) in [6.45, 7) is 2.98. The van der Waals surface area contributed by atoms with E-state index in [4.69, 9.17) is 22.7 Å². The third-order valence-corrected chi connectivity index (χ3v) is 4.39. The van der Waals surface area contributed by atoms with E-state index in [9.17, 15) is 15.1 Å². The molecule has 0 amide bonds. The van der Waals surface area contributed by atoms with Crippen molar-refractivity contribution in [3.63, 3.8) is 0 Å². The number of nitrogens with zero attached hydrogens (tertiary/aromatic N) is 4. The molecule has 132 valence electrons. The number of nitrogens with two attached hydrogens (primary N) is 1. The molecule has 1 aliphatic rings. The summed E-state index contributed by atoms with van der Waals surface area (Å²) in [6, 6.07) is -0.902. The van der Waals surface area contributed by atoms with Gasteiger partial charge in [-0.1, -0.05) is 23.3 Å². The highest BCUT2D eigenvalue weighted by Gasteiger charge is 2.57.